The molecule has 0 unspecified atom stereocenters. The number of fused-ring (bicyclic) bond motifs is 1. The van der Waals surface area contributed by atoms with Gasteiger partial charge >= 0.3 is 5.97 Å². The minimum absolute atomic E-state index is 0.135. The van der Waals surface area contributed by atoms with Crippen molar-refractivity contribution >= 4 is 16.9 Å². The van der Waals surface area contributed by atoms with E-state index in [4.69, 9.17) is 4.74 Å². The highest BCUT2D eigenvalue weighted by Crippen LogP contribution is 2.25. The molecule has 1 aliphatic heterocycles. The van der Waals surface area contributed by atoms with Crippen molar-refractivity contribution in [2.75, 3.05) is 6.54 Å². The van der Waals surface area contributed by atoms with Crippen molar-refractivity contribution in [3.8, 4) is 0 Å². The molecule has 1 saturated heterocycles. The van der Waals surface area contributed by atoms with Crippen LogP contribution in [0.3, 0.4) is 0 Å². The maximum Gasteiger partial charge on any atom is 0.323 e. The van der Waals surface area contributed by atoms with Crippen molar-refractivity contribution in [3.05, 3.63) is 78.0 Å². The Kier molecular flexibility index (Phi) is 5.16. The molecule has 4 heteroatoms. The number of esters is 1. The number of carbonyl (C=O) groups excluding carboxylic acids is 1. The van der Waals surface area contributed by atoms with Crippen molar-refractivity contribution < 1.29 is 9.53 Å². The SMILES string of the molecule is C[C@@H](OC(=O)[C@H]1CCCN1Cc1ccccc1)c1cnc2ccccc2c1. The number of ether oxygens (including phenoxy) is 1. The largest absolute Gasteiger partial charge is 0.457 e. The van der Waals surface area contributed by atoms with Crippen molar-refractivity contribution in [3.63, 3.8) is 0 Å². The average Bonchev–Trinajstić information content (AvgIpc) is 3.16. The van der Waals surface area contributed by atoms with E-state index in [9.17, 15) is 4.79 Å². The first-order valence-electron chi connectivity index (χ1n) is 9.54. The number of pyridine rings is 1. The zero-order valence-corrected chi connectivity index (χ0v) is 15.5. The molecule has 1 aliphatic rings. The Labute approximate surface area is 159 Å². The minimum atomic E-state index is -0.311. The van der Waals surface area contributed by atoms with Crippen LogP contribution < -0.4 is 0 Å². The third-order valence-electron chi connectivity index (χ3n) is 5.24. The number of para-hydroxylation sites is 1. The van der Waals surface area contributed by atoms with E-state index in [2.05, 4.69) is 28.1 Å². The zero-order valence-electron chi connectivity index (χ0n) is 15.5. The molecule has 0 spiro atoms. The summed E-state index contributed by atoms with van der Waals surface area (Å²) in [6.07, 6.45) is 3.37. The molecule has 0 amide bonds. The van der Waals surface area contributed by atoms with Crippen LogP contribution >= 0.6 is 0 Å². The highest BCUT2D eigenvalue weighted by Gasteiger charge is 2.32. The van der Waals surface area contributed by atoms with E-state index in [-0.39, 0.29) is 18.1 Å². The predicted molar refractivity (Wildman–Crippen MR) is 106 cm³/mol. The number of benzene rings is 2. The van der Waals surface area contributed by atoms with Crippen molar-refractivity contribution in [1.29, 1.82) is 0 Å². The zero-order chi connectivity index (χ0) is 18.6. The maximum absolute atomic E-state index is 12.8. The Morgan fingerprint density at radius 3 is 2.81 bits per heavy atom. The second-order valence-electron chi connectivity index (χ2n) is 7.15. The van der Waals surface area contributed by atoms with Crippen LogP contribution in [0.5, 0.6) is 0 Å². The van der Waals surface area contributed by atoms with E-state index < -0.39 is 0 Å². The van der Waals surface area contributed by atoms with E-state index in [0.29, 0.717) is 0 Å². The summed E-state index contributed by atoms with van der Waals surface area (Å²) in [5, 5.41) is 1.06. The first kappa shape index (κ1) is 17.7. The molecule has 0 bridgehead atoms. The van der Waals surface area contributed by atoms with Crippen molar-refractivity contribution in [2.45, 2.75) is 38.5 Å². The lowest BCUT2D eigenvalue weighted by atomic mass is 10.1. The molecule has 0 saturated carbocycles. The van der Waals surface area contributed by atoms with Gasteiger partial charge in [-0.1, -0.05) is 48.5 Å². The fourth-order valence-corrected chi connectivity index (χ4v) is 3.73. The van der Waals surface area contributed by atoms with E-state index in [1.165, 1.54) is 5.56 Å². The van der Waals surface area contributed by atoms with E-state index in [1.807, 2.05) is 49.4 Å². The van der Waals surface area contributed by atoms with Gasteiger partial charge in [0.05, 0.1) is 5.52 Å². The molecule has 1 aromatic heterocycles. The van der Waals surface area contributed by atoms with E-state index in [0.717, 1.165) is 42.4 Å². The summed E-state index contributed by atoms with van der Waals surface area (Å²) in [5.74, 6) is -0.135. The number of hydrogen-bond donors (Lipinski definition) is 0. The Hall–Kier alpha value is -2.72. The highest BCUT2D eigenvalue weighted by atomic mass is 16.5. The topological polar surface area (TPSA) is 42.4 Å². The second-order valence-corrected chi connectivity index (χ2v) is 7.15. The number of nitrogens with zero attached hydrogens (tertiary/aromatic N) is 2. The molecule has 0 N–H and O–H groups in total. The number of likely N-dealkylation sites (tertiary alicyclic amines) is 1. The van der Waals surface area contributed by atoms with Gasteiger partial charge in [0, 0.05) is 23.7 Å². The van der Waals surface area contributed by atoms with Crippen LogP contribution in [-0.2, 0) is 16.1 Å². The summed E-state index contributed by atoms with van der Waals surface area (Å²) in [4.78, 5) is 19.5. The molecule has 2 atom stereocenters. The van der Waals surface area contributed by atoms with Gasteiger partial charge in [-0.3, -0.25) is 14.7 Å². The van der Waals surface area contributed by atoms with Crippen LogP contribution in [0.4, 0.5) is 0 Å². The Balaban J connectivity index is 1.43. The third kappa shape index (κ3) is 4.01. The van der Waals surface area contributed by atoms with Crippen LogP contribution in [0, 0.1) is 0 Å². The number of rotatable bonds is 5. The van der Waals surface area contributed by atoms with Crippen LogP contribution in [0.2, 0.25) is 0 Å². The summed E-state index contributed by atoms with van der Waals surface area (Å²) >= 11 is 0. The van der Waals surface area contributed by atoms with E-state index in [1.54, 1.807) is 6.20 Å². The van der Waals surface area contributed by atoms with Gasteiger partial charge in [-0.2, -0.15) is 0 Å². The molecular weight excluding hydrogens is 336 g/mol. The van der Waals surface area contributed by atoms with E-state index >= 15 is 0 Å². The molecule has 2 aromatic carbocycles. The van der Waals surface area contributed by atoms with Crippen LogP contribution in [-0.4, -0.2) is 28.4 Å². The molecule has 0 radical (unpaired) electrons. The lowest BCUT2D eigenvalue weighted by molar-refractivity contribution is -0.154. The summed E-state index contributed by atoms with van der Waals surface area (Å²) in [7, 11) is 0. The maximum atomic E-state index is 12.8. The first-order chi connectivity index (χ1) is 13.2. The van der Waals surface area contributed by atoms with Crippen LogP contribution in [0.15, 0.2) is 66.9 Å². The molecule has 27 heavy (non-hydrogen) atoms. The molecule has 2 heterocycles. The van der Waals surface area contributed by atoms with Gasteiger partial charge in [-0.25, -0.2) is 0 Å². The molecule has 3 aromatic rings. The fraction of sp³-hybridized carbons (Fsp3) is 0.304. The average molecular weight is 360 g/mol. The molecule has 138 valence electrons. The highest BCUT2D eigenvalue weighted by molar-refractivity contribution is 5.79. The van der Waals surface area contributed by atoms with Crippen LogP contribution in [0.25, 0.3) is 10.9 Å². The van der Waals surface area contributed by atoms with Gasteiger partial charge in [-0.15, -0.1) is 0 Å². The third-order valence-corrected chi connectivity index (χ3v) is 5.24. The van der Waals surface area contributed by atoms with Crippen molar-refractivity contribution in [1.82, 2.24) is 9.88 Å². The normalized spacial score (nSPS) is 18.5. The second kappa shape index (κ2) is 7.89. The Morgan fingerprint density at radius 1 is 1.19 bits per heavy atom. The monoisotopic (exact) mass is 360 g/mol. The minimum Gasteiger partial charge on any atom is -0.457 e. The predicted octanol–water partition coefficient (Wildman–Crippen LogP) is 4.50. The van der Waals surface area contributed by atoms with Gasteiger partial charge in [0.25, 0.3) is 0 Å². The summed E-state index contributed by atoms with van der Waals surface area (Å²) in [6.45, 7) is 3.63. The van der Waals surface area contributed by atoms with Gasteiger partial charge in [0.2, 0.25) is 0 Å². The summed E-state index contributed by atoms with van der Waals surface area (Å²) in [5.41, 5.74) is 3.10. The lowest BCUT2D eigenvalue weighted by Crippen LogP contribution is -2.37. The van der Waals surface area contributed by atoms with Gasteiger partial charge in [0.15, 0.2) is 0 Å². The van der Waals surface area contributed by atoms with Crippen molar-refractivity contribution in [2.24, 2.45) is 0 Å². The molecular formula is C23H24N2O2. The molecule has 4 nitrogen and oxygen atoms in total. The Morgan fingerprint density at radius 2 is 1.96 bits per heavy atom. The summed E-state index contributed by atoms with van der Waals surface area (Å²) in [6, 6.07) is 20.1. The molecule has 4 rings (SSSR count). The molecule has 1 fully saturated rings. The summed E-state index contributed by atoms with van der Waals surface area (Å²) < 4.78 is 5.82. The standard InChI is InChI=1S/C23H24N2O2/c1-17(20-14-19-10-5-6-11-21(19)24-15-20)27-23(26)22-12-7-13-25(22)16-18-8-3-2-4-9-18/h2-6,8-11,14-15,17,22H,7,12-13,16H2,1H3/t17-,22-/m1/s1. The Bertz CT molecular complexity index is 926. The quantitative estimate of drug-likeness (QED) is 0.628. The van der Waals surface area contributed by atoms with Gasteiger partial charge in [0.1, 0.15) is 12.1 Å². The smallest absolute Gasteiger partial charge is 0.323 e. The lowest BCUT2D eigenvalue weighted by Gasteiger charge is -2.24. The molecule has 0 aliphatic carbocycles. The number of carbonyl (C=O) groups is 1. The van der Waals surface area contributed by atoms with Gasteiger partial charge in [-0.05, 0) is 44.0 Å². The fourth-order valence-electron chi connectivity index (χ4n) is 3.73. The van der Waals surface area contributed by atoms with Crippen LogP contribution in [0.1, 0.15) is 37.0 Å². The first-order valence-corrected chi connectivity index (χ1v) is 9.54. The number of hydrogen-bond acceptors (Lipinski definition) is 4. The van der Waals surface area contributed by atoms with Gasteiger partial charge < -0.3 is 4.74 Å². The number of aromatic nitrogens is 1.